The molecule has 0 radical (unpaired) electrons. The van der Waals surface area contributed by atoms with E-state index in [1.165, 1.54) is 16.7 Å². The molecule has 0 spiro atoms. The minimum absolute atomic E-state index is 0.0717. The first-order valence-corrected chi connectivity index (χ1v) is 11.9. The topological polar surface area (TPSA) is 51.1 Å². The zero-order valence-electron chi connectivity index (χ0n) is 18.9. The fourth-order valence-electron chi connectivity index (χ4n) is 4.65. The summed E-state index contributed by atoms with van der Waals surface area (Å²) in [5.41, 5.74) is 2.61. The molecular formula is C27H28ClFN2O2. The Bertz CT molecular complexity index is 1220. The number of nitrogens with zero attached hydrogens (tertiary/aromatic N) is 1. The summed E-state index contributed by atoms with van der Waals surface area (Å²) < 4.78 is 15.5. The van der Waals surface area contributed by atoms with Crippen molar-refractivity contribution in [2.24, 2.45) is 5.92 Å². The molecule has 1 heterocycles. The SMILES string of the molecule is CCCc1c(C(=O)N[C@H](c2cccc(F)c2)C2CCC2)c(C)n(-c2ccccc2)c(=O)c1Cl. The fourth-order valence-corrected chi connectivity index (χ4v) is 4.93. The van der Waals surface area contributed by atoms with Crippen molar-refractivity contribution in [3.8, 4) is 5.69 Å². The van der Waals surface area contributed by atoms with Gasteiger partial charge in [-0.1, -0.05) is 61.7 Å². The van der Waals surface area contributed by atoms with E-state index in [1.807, 2.05) is 43.3 Å². The largest absolute Gasteiger partial charge is 0.345 e. The van der Waals surface area contributed by atoms with E-state index in [9.17, 15) is 14.0 Å². The third kappa shape index (κ3) is 4.60. The maximum Gasteiger partial charge on any atom is 0.274 e. The Morgan fingerprint density at radius 2 is 1.91 bits per heavy atom. The molecule has 1 aliphatic rings. The molecule has 0 aliphatic heterocycles. The van der Waals surface area contributed by atoms with Crippen LogP contribution in [0.5, 0.6) is 0 Å². The Kier molecular flexibility index (Phi) is 6.99. The first kappa shape index (κ1) is 23.2. The lowest BCUT2D eigenvalue weighted by Gasteiger charge is -2.35. The Hall–Kier alpha value is -2.92. The molecule has 6 heteroatoms. The standard InChI is InChI=1S/C27H28ClFN2O2/c1-3-9-22-23(17(2)31(27(33)24(22)28)21-14-5-4-6-15-21)26(32)30-25(18-10-7-11-18)19-12-8-13-20(29)16-19/h4-6,8,12-16,18,25H,3,7,9-11H2,1-2H3,(H,30,32)/t25-/m0/s1. The molecule has 172 valence electrons. The van der Waals surface area contributed by atoms with Crippen molar-refractivity contribution in [2.45, 2.75) is 52.0 Å². The molecule has 1 fully saturated rings. The molecule has 1 atom stereocenters. The van der Waals surface area contributed by atoms with Gasteiger partial charge in [0.1, 0.15) is 10.8 Å². The second-order valence-electron chi connectivity index (χ2n) is 8.68. The highest BCUT2D eigenvalue weighted by molar-refractivity contribution is 6.31. The van der Waals surface area contributed by atoms with E-state index < -0.39 is 0 Å². The summed E-state index contributed by atoms with van der Waals surface area (Å²) in [5, 5.41) is 3.24. The van der Waals surface area contributed by atoms with Gasteiger partial charge in [0.25, 0.3) is 11.5 Å². The first-order chi connectivity index (χ1) is 15.9. The van der Waals surface area contributed by atoms with Crippen molar-refractivity contribution in [3.05, 3.63) is 98.2 Å². The Morgan fingerprint density at radius 1 is 1.18 bits per heavy atom. The third-order valence-electron chi connectivity index (χ3n) is 6.51. The molecular weight excluding hydrogens is 439 g/mol. The molecule has 2 aromatic carbocycles. The molecule has 4 rings (SSSR count). The lowest BCUT2D eigenvalue weighted by atomic mass is 9.77. The molecule has 3 aromatic rings. The van der Waals surface area contributed by atoms with E-state index in [1.54, 1.807) is 13.0 Å². The van der Waals surface area contributed by atoms with Gasteiger partial charge in [0, 0.05) is 11.4 Å². The molecule has 1 N–H and O–H groups in total. The normalized spacial score (nSPS) is 14.5. The molecule has 1 aliphatic carbocycles. The van der Waals surface area contributed by atoms with Gasteiger partial charge >= 0.3 is 0 Å². The van der Waals surface area contributed by atoms with Crippen LogP contribution in [0.4, 0.5) is 4.39 Å². The number of halogens is 2. The van der Waals surface area contributed by atoms with E-state index in [0.717, 1.165) is 31.2 Å². The van der Waals surface area contributed by atoms with Crippen LogP contribution in [0, 0.1) is 18.7 Å². The summed E-state index contributed by atoms with van der Waals surface area (Å²) >= 11 is 6.56. The van der Waals surface area contributed by atoms with Gasteiger partial charge in [-0.3, -0.25) is 14.2 Å². The van der Waals surface area contributed by atoms with Crippen LogP contribution in [0.2, 0.25) is 5.02 Å². The second kappa shape index (κ2) is 9.92. The van der Waals surface area contributed by atoms with Crippen molar-refractivity contribution in [2.75, 3.05) is 0 Å². The minimum atomic E-state index is -0.332. The monoisotopic (exact) mass is 466 g/mol. The molecule has 1 amide bonds. The van der Waals surface area contributed by atoms with Crippen LogP contribution in [0.15, 0.2) is 59.4 Å². The lowest BCUT2D eigenvalue weighted by molar-refractivity contribution is 0.0898. The first-order valence-electron chi connectivity index (χ1n) is 11.5. The number of carbonyl (C=O) groups is 1. The average molecular weight is 467 g/mol. The zero-order chi connectivity index (χ0) is 23.5. The van der Waals surface area contributed by atoms with E-state index in [-0.39, 0.29) is 34.3 Å². The molecule has 33 heavy (non-hydrogen) atoms. The third-order valence-corrected chi connectivity index (χ3v) is 6.90. The van der Waals surface area contributed by atoms with Crippen LogP contribution in [-0.4, -0.2) is 10.5 Å². The van der Waals surface area contributed by atoms with Crippen molar-refractivity contribution in [1.29, 1.82) is 0 Å². The predicted molar refractivity (Wildman–Crippen MR) is 130 cm³/mol. The summed E-state index contributed by atoms with van der Waals surface area (Å²) in [5.74, 6) is -0.362. The highest BCUT2D eigenvalue weighted by Gasteiger charge is 2.32. The number of aromatic nitrogens is 1. The van der Waals surface area contributed by atoms with Gasteiger partial charge in [0.15, 0.2) is 0 Å². The van der Waals surface area contributed by atoms with Crippen LogP contribution in [0.25, 0.3) is 5.69 Å². The van der Waals surface area contributed by atoms with Gasteiger partial charge in [-0.05, 0) is 67.5 Å². The number of rotatable bonds is 7. The summed E-state index contributed by atoms with van der Waals surface area (Å²) in [6, 6.07) is 15.3. The van der Waals surface area contributed by atoms with Crippen LogP contribution >= 0.6 is 11.6 Å². The maximum absolute atomic E-state index is 14.0. The van der Waals surface area contributed by atoms with Crippen molar-refractivity contribution >= 4 is 17.5 Å². The predicted octanol–water partition coefficient (Wildman–Crippen LogP) is 6.16. The number of benzene rings is 2. The molecule has 4 nitrogen and oxygen atoms in total. The Balaban J connectivity index is 1.81. The molecule has 1 aromatic heterocycles. The van der Waals surface area contributed by atoms with E-state index in [2.05, 4.69) is 5.32 Å². The number of nitrogens with one attached hydrogen (secondary N) is 1. The minimum Gasteiger partial charge on any atom is -0.345 e. The van der Waals surface area contributed by atoms with E-state index in [0.29, 0.717) is 28.9 Å². The van der Waals surface area contributed by atoms with Gasteiger partial charge in [-0.15, -0.1) is 0 Å². The zero-order valence-corrected chi connectivity index (χ0v) is 19.7. The van der Waals surface area contributed by atoms with Gasteiger partial charge < -0.3 is 5.32 Å². The van der Waals surface area contributed by atoms with Crippen molar-refractivity contribution < 1.29 is 9.18 Å². The van der Waals surface area contributed by atoms with E-state index in [4.69, 9.17) is 11.6 Å². The quantitative estimate of drug-likeness (QED) is 0.453. The Morgan fingerprint density at radius 3 is 2.52 bits per heavy atom. The Labute approximate surface area is 198 Å². The number of hydrogen-bond acceptors (Lipinski definition) is 2. The van der Waals surface area contributed by atoms with Crippen LogP contribution in [-0.2, 0) is 6.42 Å². The number of pyridine rings is 1. The highest BCUT2D eigenvalue weighted by atomic mass is 35.5. The molecule has 0 bridgehead atoms. The summed E-state index contributed by atoms with van der Waals surface area (Å²) in [6.45, 7) is 3.76. The lowest BCUT2D eigenvalue weighted by Crippen LogP contribution is -2.38. The number of amides is 1. The summed E-state index contributed by atoms with van der Waals surface area (Å²) in [6.07, 6.45) is 4.31. The number of hydrogen-bond donors (Lipinski definition) is 1. The second-order valence-corrected chi connectivity index (χ2v) is 9.05. The van der Waals surface area contributed by atoms with Crippen LogP contribution < -0.4 is 10.9 Å². The molecule has 1 saturated carbocycles. The summed E-state index contributed by atoms with van der Waals surface area (Å²) in [4.78, 5) is 26.9. The average Bonchev–Trinajstić information content (AvgIpc) is 2.76. The fraction of sp³-hybridized carbons (Fsp3) is 0.333. The number of carbonyl (C=O) groups excluding carboxylic acids is 1. The van der Waals surface area contributed by atoms with Crippen molar-refractivity contribution in [1.82, 2.24) is 9.88 Å². The van der Waals surface area contributed by atoms with Gasteiger partial charge in [-0.25, -0.2) is 4.39 Å². The molecule has 0 unspecified atom stereocenters. The summed E-state index contributed by atoms with van der Waals surface area (Å²) in [7, 11) is 0. The van der Waals surface area contributed by atoms with Crippen LogP contribution in [0.3, 0.4) is 0 Å². The van der Waals surface area contributed by atoms with Crippen LogP contribution in [0.1, 0.15) is 65.8 Å². The van der Waals surface area contributed by atoms with Gasteiger partial charge in [-0.2, -0.15) is 0 Å². The van der Waals surface area contributed by atoms with Gasteiger partial charge in [0.05, 0.1) is 11.6 Å². The van der Waals surface area contributed by atoms with Gasteiger partial charge in [0.2, 0.25) is 0 Å². The highest BCUT2D eigenvalue weighted by Crippen LogP contribution is 2.38. The smallest absolute Gasteiger partial charge is 0.274 e. The van der Waals surface area contributed by atoms with Crippen molar-refractivity contribution in [3.63, 3.8) is 0 Å². The number of para-hydroxylation sites is 1. The van der Waals surface area contributed by atoms with E-state index >= 15 is 0 Å². The maximum atomic E-state index is 14.0. The molecule has 0 saturated heterocycles.